The molecule has 5 unspecified atom stereocenters. The van der Waals surface area contributed by atoms with Crippen molar-refractivity contribution >= 4 is 0 Å². The second-order valence-electron chi connectivity index (χ2n) is 13.7. The van der Waals surface area contributed by atoms with Crippen LogP contribution in [0.4, 0.5) is 0 Å². The second-order valence-corrected chi connectivity index (χ2v) is 13.7. The van der Waals surface area contributed by atoms with Gasteiger partial charge in [-0.25, -0.2) is 0 Å². The highest BCUT2D eigenvalue weighted by Gasteiger charge is 2.61. The van der Waals surface area contributed by atoms with Crippen molar-refractivity contribution in [3.8, 4) is 0 Å². The third-order valence-corrected chi connectivity index (χ3v) is 12.4. The summed E-state index contributed by atoms with van der Waals surface area (Å²) in [7, 11) is 0. The molecule has 31 heavy (non-hydrogen) atoms. The van der Waals surface area contributed by atoms with Crippen molar-refractivity contribution in [2.24, 2.45) is 64.1 Å². The van der Waals surface area contributed by atoms with Gasteiger partial charge in [-0.1, -0.05) is 61.3 Å². The maximum absolute atomic E-state index is 10.6. The van der Waals surface area contributed by atoms with Crippen LogP contribution in [0.3, 0.4) is 0 Å². The molecule has 1 N–H and O–H groups in total. The Bertz CT molecular complexity index is 612. The molecule has 4 aliphatic carbocycles. The molecular formula is C30H54O. The lowest BCUT2D eigenvalue weighted by Crippen LogP contribution is -2.56. The molecular weight excluding hydrogens is 376 g/mol. The highest BCUT2D eigenvalue weighted by Crippen LogP contribution is 2.69. The Balaban J connectivity index is 1.46. The fraction of sp³-hybridized carbons (Fsp3) is 1.00. The number of hydrogen-bond donors (Lipinski definition) is 1. The summed E-state index contributed by atoms with van der Waals surface area (Å²) in [6.07, 6.45) is 15.3. The van der Waals surface area contributed by atoms with Crippen LogP contribution in [-0.4, -0.2) is 11.2 Å². The average Bonchev–Trinajstić information content (AvgIpc) is 3.08. The van der Waals surface area contributed by atoms with Crippen LogP contribution in [0.5, 0.6) is 0 Å². The van der Waals surface area contributed by atoms with Crippen LogP contribution in [0.2, 0.25) is 0 Å². The second kappa shape index (κ2) is 8.96. The molecule has 11 atom stereocenters. The van der Waals surface area contributed by atoms with Gasteiger partial charge in [-0.2, -0.15) is 0 Å². The van der Waals surface area contributed by atoms with Crippen LogP contribution >= 0.6 is 0 Å². The van der Waals surface area contributed by atoms with Crippen molar-refractivity contribution in [2.45, 2.75) is 125 Å². The SMILES string of the molecule is CCC(CCC(C)[C@H]1CCC2C3CC[C@H]4[C@H](C)[C@@H](O)CC[C@]4(C)C3CC[C@@]21C)C(C)C. The number of aliphatic hydroxyl groups excluding tert-OH is 1. The smallest absolute Gasteiger partial charge is 0.0568 e. The zero-order valence-electron chi connectivity index (χ0n) is 22.0. The fourth-order valence-corrected chi connectivity index (χ4v) is 10.4. The molecule has 0 aliphatic heterocycles. The summed E-state index contributed by atoms with van der Waals surface area (Å²) in [6.45, 7) is 17.6. The summed E-state index contributed by atoms with van der Waals surface area (Å²) in [5.41, 5.74) is 1.10. The monoisotopic (exact) mass is 430 g/mol. The van der Waals surface area contributed by atoms with Gasteiger partial charge in [-0.3, -0.25) is 0 Å². The number of fused-ring (bicyclic) bond motifs is 5. The van der Waals surface area contributed by atoms with Gasteiger partial charge >= 0.3 is 0 Å². The quantitative estimate of drug-likeness (QED) is 0.449. The topological polar surface area (TPSA) is 20.2 Å². The molecule has 0 aromatic carbocycles. The number of hydrogen-bond acceptors (Lipinski definition) is 1. The predicted octanol–water partition coefficient (Wildman–Crippen LogP) is 8.35. The number of aliphatic hydroxyl groups is 1. The maximum atomic E-state index is 10.6. The van der Waals surface area contributed by atoms with Gasteiger partial charge in [0.25, 0.3) is 0 Å². The van der Waals surface area contributed by atoms with Gasteiger partial charge in [0, 0.05) is 0 Å². The van der Waals surface area contributed by atoms with Gasteiger partial charge in [0.1, 0.15) is 0 Å². The molecule has 0 aromatic rings. The first-order valence-electron chi connectivity index (χ1n) is 14.3. The summed E-state index contributed by atoms with van der Waals surface area (Å²) in [6, 6.07) is 0. The lowest BCUT2D eigenvalue weighted by Gasteiger charge is -2.62. The van der Waals surface area contributed by atoms with E-state index in [4.69, 9.17) is 0 Å². The van der Waals surface area contributed by atoms with E-state index in [1.165, 1.54) is 64.2 Å². The van der Waals surface area contributed by atoms with Crippen molar-refractivity contribution in [1.29, 1.82) is 0 Å². The molecule has 180 valence electrons. The van der Waals surface area contributed by atoms with Gasteiger partial charge in [-0.15, -0.1) is 0 Å². The van der Waals surface area contributed by atoms with E-state index in [9.17, 15) is 5.11 Å². The summed E-state index contributed by atoms with van der Waals surface area (Å²) in [4.78, 5) is 0. The summed E-state index contributed by atoms with van der Waals surface area (Å²) < 4.78 is 0. The molecule has 0 saturated heterocycles. The van der Waals surface area contributed by atoms with E-state index in [-0.39, 0.29) is 6.10 Å². The van der Waals surface area contributed by atoms with Gasteiger partial charge in [0.2, 0.25) is 0 Å². The zero-order valence-corrected chi connectivity index (χ0v) is 22.0. The summed E-state index contributed by atoms with van der Waals surface area (Å²) >= 11 is 0. The molecule has 1 heteroatoms. The Morgan fingerprint density at radius 3 is 2.13 bits per heavy atom. The van der Waals surface area contributed by atoms with Crippen LogP contribution in [0.15, 0.2) is 0 Å². The van der Waals surface area contributed by atoms with E-state index in [1.54, 1.807) is 0 Å². The van der Waals surface area contributed by atoms with Crippen molar-refractivity contribution in [1.82, 2.24) is 0 Å². The highest BCUT2D eigenvalue weighted by atomic mass is 16.3. The van der Waals surface area contributed by atoms with Gasteiger partial charge in [0.05, 0.1) is 6.10 Å². The van der Waals surface area contributed by atoms with Crippen LogP contribution in [0, 0.1) is 64.1 Å². The van der Waals surface area contributed by atoms with Gasteiger partial charge < -0.3 is 5.11 Å². The van der Waals surface area contributed by atoms with Crippen molar-refractivity contribution in [3.63, 3.8) is 0 Å². The minimum atomic E-state index is -0.0435. The predicted molar refractivity (Wildman–Crippen MR) is 133 cm³/mol. The molecule has 0 spiro atoms. The standard InChI is InChI=1S/C30H54O/c1-8-22(19(2)3)10-9-20(4)24-13-14-26-23-11-12-25-21(5)28(31)16-18-30(25,7)27(23)15-17-29(24,26)6/h19-28,31H,8-18H2,1-7H3/t20?,21-,22?,23?,24+,25-,26?,27?,28-,29+,30-/m0/s1. The molecule has 0 amide bonds. The Morgan fingerprint density at radius 1 is 0.806 bits per heavy atom. The van der Waals surface area contributed by atoms with Crippen LogP contribution in [-0.2, 0) is 0 Å². The molecule has 0 bridgehead atoms. The highest BCUT2D eigenvalue weighted by molar-refractivity contribution is 5.10. The molecule has 4 aliphatic rings. The minimum Gasteiger partial charge on any atom is -0.393 e. The third-order valence-electron chi connectivity index (χ3n) is 12.4. The van der Waals surface area contributed by atoms with Crippen LogP contribution < -0.4 is 0 Å². The van der Waals surface area contributed by atoms with E-state index in [0.717, 1.165) is 53.8 Å². The van der Waals surface area contributed by atoms with Crippen molar-refractivity contribution in [3.05, 3.63) is 0 Å². The average molecular weight is 431 g/mol. The first kappa shape index (κ1) is 24.1. The van der Waals surface area contributed by atoms with Crippen LogP contribution in [0.25, 0.3) is 0 Å². The summed E-state index contributed by atoms with van der Waals surface area (Å²) in [5.74, 6) is 7.77. The zero-order chi connectivity index (χ0) is 22.6. The van der Waals surface area contributed by atoms with Crippen molar-refractivity contribution < 1.29 is 5.11 Å². The van der Waals surface area contributed by atoms with E-state index in [0.29, 0.717) is 16.7 Å². The molecule has 4 rings (SSSR count). The first-order valence-corrected chi connectivity index (χ1v) is 14.3. The molecule has 0 radical (unpaired) electrons. The van der Waals surface area contributed by atoms with Crippen LogP contribution in [0.1, 0.15) is 119 Å². The van der Waals surface area contributed by atoms with Crippen molar-refractivity contribution in [2.75, 3.05) is 0 Å². The molecule has 0 heterocycles. The lowest BCUT2D eigenvalue weighted by atomic mass is 9.43. The Kier molecular flexibility index (Phi) is 6.96. The molecule has 4 saturated carbocycles. The Labute approximate surface area is 194 Å². The largest absolute Gasteiger partial charge is 0.393 e. The maximum Gasteiger partial charge on any atom is 0.0568 e. The number of rotatable bonds is 6. The Morgan fingerprint density at radius 2 is 1.45 bits per heavy atom. The van der Waals surface area contributed by atoms with E-state index in [2.05, 4.69) is 48.5 Å². The molecule has 4 fully saturated rings. The summed E-state index contributed by atoms with van der Waals surface area (Å²) in [5, 5.41) is 10.6. The van der Waals surface area contributed by atoms with Gasteiger partial charge in [0.15, 0.2) is 0 Å². The fourth-order valence-electron chi connectivity index (χ4n) is 10.4. The molecule has 0 aromatic heterocycles. The minimum absolute atomic E-state index is 0.0435. The Hall–Kier alpha value is -0.0400. The third kappa shape index (κ3) is 3.95. The first-order chi connectivity index (χ1) is 14.6. The van der Waals surface area contributed by atoms with E-state index < -0.39 is 0 Å². The van der Waals surface area contributed by atoms with E-state index >= 15 is 0 Å². The van der Waals surface area contributed by atoms with E-state index in [1.807, 2.05) is 0 Å². The lowest BCUT2D eigenvalue weighted by molar-refractivity contribution is -0.149. The van der Waals surface area contributed by atoms with Gasteiger partial charge in [-0.05, 0) is 122 Å². The molecule has 1 nitrogen and oxygen atoms in total. The normalized spacial score (nSPS) is 49.3.